The fourth-order valence-corrected chi connectivity index (χ4v) is 3.96. The first-order valence-corrected chi connectivity index (χ1v) is 11.3. The maximum Gasteiger partial charge on any atom is 0.337 e. The van der Waals surface area contributed by atoms with Crippen LogP contribution in [-0.4, -0.2) is 57.0 Å². The lowest BCUT2D eigenvalue weighted by Gasteiger charge is -2.22. The summed E-state index contributed by atoms with van der Waals surface area (Å²) in [7, 11) is 5.35. The number of carbonyl (C=O) groups excluding carboxylic acids is 3. The highest BCUT2D eigenvalue weighted by Crippen LogP contribution is 2.36. The number of esters is 1. The highest BCUT2D eigenvalue weighted by Gasteiger charge is 2.28. The number of allylic oxidation sites excluding steroid dienone is 1. The quantitative estimate of drug-likeness (QED) is 0.431. The van der Waals surface area contributed by atoms with Crippen LogP contribution in [0.25, 0.3) is 5.57 Å². The van der Waals surface area contributed by atoms with Crippen LogP contribution in [0, 0.1) is 0 Å². The van der Waals surface area contributed by atoms with Crippen LogP contribution in [0.2, 0.25) is 0 Å². The van der Waals surface area contributed by atoms with E-state index < -0.39 is 5.97 Å². The highest BCUT2D eigenvalue weighted by atomic mass is 16.5. The van der Waals surface area contributed by atoms with Crippen LogP contribution in [0.5, 0.6) is 0 Å². The smallest absolute Gasteiger partial charge is 0.337 e. The Bertz CT molecular complexity index is 1110. The maximum absolute atomic E-state index is 12.8. The van der Waals surface area contributed by atoms with Crippen molar-refractivity contribution in [3.8, 4) is 0 Å². The van der Waals surface area contributed by atoms with Crippen LogP contribution in [0.15, 0.2) is 48.2 Å². The average molecular weight is 465 g/mol. The topological polar surface area (TPSA) is 91.0 Å². The summed E-state index contributed by atoms with van der Waals surface area (Å²) in [5.74, 6) is -0.673. The first-order valence-electron chi connectivity index (χ1n) is 11.3. The third-order valence-corrected chi connectivity index (χ3v) is 5.68. The summed E-state index contributed by atoms with van der Waals surface area (Å²) < 4.78 is 4.77. The number of hydrogen-bond donors (Lipinski definition) is 2. The molecule has 1 heterocycles. The number of hydrogen-bond acceptors (Lipinski definition) is 6. The summed E-state index contributed by atoms with van der Waals surface area (Å²) in [5.41, 5.74) is 4.67. The van der Waals surface area contributed by atoms with Crippen molar-refractivity contribution in [2.24, 2.45) is 0 Å². The second-order valence-electron chi connectivity index (χ2n) is 8.41. The highest BCUT2D eigenvalue weighted by molar-refractivity contribution is 6.32. The molecule has 0 bridgehead atoms. The number of anilines is 3. The molecule has 0 saturated heterocycles. The van der Waals surface area contributed by atoms with E-state index >= 15 is 0 Å². The lowest BCUT2D eigenvalue weighted by atomic mass is 10.0. The van der Waals surface area contributed by atoms with Gasteiger partial charge in [-0.05, 0) is 69.9 Å². The molecule has 34 heavy (non-hydrogen) atoms. The number of rotatable bonds is 9. The summed E-state index contributed by atoms with van der Waals surface area (Å²) in [6.45, 7) is 5.10. The summed E-state index contributed by atoms with van der Waals surface area (Å²) in [5, 5.41) is 6.20. The molecule has 0 fully saturated rings. The molecule has 8 heteroatoms. The predicted molar refractivity (Wildman–Crippen MR) is 135 cm³/mol. The number of ether oxygens (including phenoxy) is 1. The Morgan fingerprint density at radius 2 is 1.76 bits per heavy atom. The zero-order chi connectivity index (χ0) is 24.8. The fraction of sp³-hybridized carbons (Fsp3) is 0.346. The minimum absolute atomic E-state index is 0.00129. The molecule has 2 aromatic carbocycles. The Hall–Kier alpha value is -3.65. The first-order chi connectivity index (χ1) is 16.2. The Labute approximate surface area is 200 Å². The Balaban J connectivity index is 1.82. The van der Waals surface area contributed by atoms with Gasteiger partial charge in [-0.3, -0.25) is 9.59 Å². The van der Waals surface area contributed by atoms with Crippen molar-refractivity contribution >= 4 is 40.4 Å². The molecule has 3 rings (SSSR count). The molecular weight excluding hydrogens is 432 g/mol. The van der Waals surface area contributed by atoms with Gasteiger partial charge in [0.1, 0.15) is 0 Å². The lowest BCUT2D eigenvalue weighted by molar-refractivity contribution is -0.116. The molecular formula is C26H32N4O4. The van der Waals surface area contributed by atoms with Crippen LogP contribution in [0.4, 0.5) is 17.1 Å². The van der Waals surface area contributed by atoms with E-state index in [1.807, 2.05) is 45.3 Å². The SMILES string of the molecule is CCC(Nc1ccc(N(CCCN(C)C)C(C)=O)cc1)=C1C(=O)Nc2cc(C(=O)OC)ccc21. The molecule has 0 aromatic heterocycles. The van der Waals surface area contributed by atoms with Crippen LogP contribution < -0.4 is 15.5 Å². The zero-order valence-corrected chi connectivity index (χ0v) is 20.4. The minimum Gasteiger partial charge on any atom is -0.465 e. The van der Waals surface area contributed by atoms with Crippen molar-refractivity contribution in [1.82, 2.24) is 4.90 Å². The zero-order valence-electron chi connectivity index (χ0n) is 20.4. The van der Waals surface area contributed by atoms with E-state index in [4.69, 9.17) is 4.74 Å². The van der Waals surface area contributed by atoms with E-state index in [1.165, 1.54) is 7.11 Å². The van der Waals surface area contributed by atoms with Gasteiger partial charge in [0.25, 0.3) is 5.91 Å². The molecule has 2 amide bonds. The van der Waals surface area contributed by atoms with Gasteiger partial charge in [-0.1, -0.05) is 13.0 Å². The molecule has 0 spiro atoms. The van der Waals surface area contributed by atoms with Crippen LogP contribution in [-0.2, 0) is 14.3 Å². The molecule has 8 nitrogen and oxygen atoms in total. The number of nitrogens with zero attached hydrogens (tertiary/aromatic N) is 2. The molecule has 2 aromatic rings. The van der Waals surface area contributed by atoms with Crippen LogP contribution in [0.1, 0.15) is 42.6 Å². The van der Waals surface area contributed by atoms with E-state index in [-0.39, 0.29) is 11.8 Å². The minimum atomic E-state index is -0.454. The van der Waals surface area contributed by atoms with Crippen molar-refractivity contribution in [3.63, 3.8) is 0 Å². The molecule has 1 aliphatic rings. The monoisotopic (exact) mass is 464 g/mol. The van der Waals surface area contributed by atoms with E-state index in [1.54, 1.807) is 30.0 Å². The largest absolute Gasteiger partial charge is 0.465 e. The van der Waals surface area contributed by atoms with Crippen LogP contribution in [0.3, 0.4) is 0 Å². The molecule has 0 atom stereocenters. The van der Waals surface area contributed by atoms with Gasteiger partial charge < -0.3 is 25.2 Å². The Morgan fingerprint density at radius 3 is 2.35 bits per heavy atom. The lowest BCUT2D eigenvalue weighted by Crippen LogP contribution is -2.31. The summed E-state index contributed by atoms with van der Waals surface area (Å²) in [4.78, 5) is 40.6. The number of carbonyl (C=O) groups is 3. The number of benzene rings is 2. The van der Waals surface area contributed by atoms with Crippen LogP contribution >= 0.6 is 0 Å². The van der Waals surface area contributed by atoms with Gasteiger partial charge in [0.05, 0.1) is 23.9 Å². The fourth-order valence-electron chi connectivity index (χ4n) is 3.96. The van der Waals surface area contributed by atoms with Crippen molar-refractivity contribution in [3.05, 3.63) is 59.3 Å². The van der Waals surface area contributed by atoms with E-state index in [0.29, 0.717) is 29.8 Å². The summed E-state index contributed by atoms with van der Waals surface area (Å²) in [6, 6.07) is 12.7. The second kappa shape index (κ2) is 11.0. The first kappa shape index (κ1) is 25.0. The molecule has 0 saturated carbocycles. The van der Waals surface area contributed by atoms with Crippen molar-refractivity contribution in [2.75, 3.05) is 49.8 Å². The third-order valence-electron chi connectivity index (χ3n) is 5.68. The number of nitrogens with one attached hydrogen (secondary N) is 2. The van der Waals surface area contributed by atoms with Gasteiger partial charge in [0, 0.05) is 36.1 Å². The van der Waals surface area contributed by atoms with Gasteiger partial charge in [0.2, 0.25) is 5.91 Å². The van der Waals surface area contributed by atoms with Gasteiger partial charge in [-0.25, -0.2) is 4.79 Å². The number of methoxy groups -OCH3 is 1. The number of amides is 2. The van der Waals surface area contributed by atoms with Crippen molar-refractivity contribution < 1.29 is 19.1 Å². The summed E-state index contributed by atoms with van der Waals surface area (Å²) >= 11 is 0. The average Bonchev–Trinajstić information content (AvgIpc) is 3.14. The Kier molecular flexibility index (Phi) is 8.07. The van der Waals surface area contributed by atoms with E-state index in [0.717, 1.165) is 35.6 Å². The molecule has 180 valence electrons. The predicted octanol–water partition coefficient (Wildman–Crippen LogP) is 3.96. The van der Waals surface area contributed by atoms with Crippen molar-refractivity contribution in [2.45, 2.75) is 26.7 Å². The van der Waals surface area contributed by atoms with Gasteiger partial charge in [-0.2, -0.15) is 0 Å². The van der Waals surface area contributed by atoms with Gasteiger partial charge in [-0.15, -0.1) is 0 Å². The van der Waals surface area contributed by atoms with Gasteiger partial charge in [0.15, 0.2) is 0 Å². The molecule has 1 aliphatic heterocycles. The molecule has 2 N–H and O–H groups in total. The van der Waals surface area contributed by atoms with E-state index in [2.05, 4.69) is 15.5 Å². The standard InChI is InChI=1S/C26H32N4O4/c1-6-22(24-21-13-8-18(26(33)34-5)16-23(21)28-25(24)32)27-19-9-11-20(12-10-19)30(17(2)31)15-7-14-29(3)4/h8-13,16,27H,6-7,14-15H2,1-5H3,(H,28,32). The molecule has 0 unspecified atom stereocenters. The van der Waals surface area contributed by atoms with E-state index in [9.17, 15) is 14.4 Å². The third kappa shape index (κ3) is 5.63. The number of fused-ring (bicyclic) bond motifs is 1. The normalized spacial score (nSPS) is 13.9. The second-order valence-corrected chi connectivity index (χ2v) is 8.41. The Morgan fingerprint density at radius 1 is 1.06 bits per heavy atom. The maximum atomic E-state index is 12.8. The summed E-state index contributed by atoms with van der Waals surface area (Å²) in [6.07, 6.45) is 1.48. The van der Waals surface area contributed by atoms with Gasteiger partial charge >= 0.3 is 5.97 Å². The molecule has 0 aliphatic carbocycles. The molecule has 0 radical (unpaired) electrons. The van der Waals surface area contributed by atoms with Crippen molar-refractivity contribution in [1.29, 1.82) is 0 Å².